The van der Waals surface area contributed by atoms with Gasteiger partial charge in [-0.25, -0.2) is 13.1 Å². The standard InChI is InChI=1S/C22H31BN6O6S/c1-15(20(31)25-12-16-8-10-18(11-9-16)27-22(24)28-23(2)33)26-21(32)19(13-30)29-36(34,35)14-17-6-4-3-5-7-17/h3-11,15,19,29-30,33H,12-14H2,1-2H3,(H,25,31)(H,26,32)(H3,24,27,28)/t15-,19+/m0/s1. The van der Waals surface area contributed by atoms with Crippen molar-refractivity contribution in [2.45, 2.75) is 38.1 Å². The lowest BCUT2D eigenvalue weighted by atomic mass is 9.91. The maximum Gasteiger partial charge on any atom is 0.431 e. The highest BCUT2D eigenvalue weighted by molar-refractivity contribution is 7.88. The molecular formula is C22H31BN6O6S. The second-order valence-electron chi connectivity index (χ2n) is 8.01. The van der Waals surface area contributed by atoms with Crippen LogP contribution in [-0.4, -0.2) is 62.1 Å². The summed E-state index contributed by atoms with van der Waals surface area (Å²) in [6, 6.07) is 12.9. The van der Waals surface area contributed by atoms with Crippen LogP contribution in [0.25, 0.3) is 0 Å². The number of anilines is 1. The van der Waals surface area contributed by atoms with E-state index in [1.165, 1.54) is 13.7 Å². The van der Waals surface area contributed by atoms with Crippen molar-refractivity contribution in [2.24, 2.45) is 10.6 Å². The normalized spacial score (nSPS) is 13.4. The Morgan fingerprint density at radius 1 is 1.06 bits per heavy atom. The lowest BCUT2D eigenvalue weighted by Crippen LogP contribution is -2.54. The summed E-state index contributed by atoms with van der Waals surface area (Å²) in [5.74, 6) is -1.63. The van der Waals surface area contributed by atoms with E-state index < -0.39 is 47.6 Å². The molecule has 0 saturated carbocycles. The van der Waals surface area contributed by atoms with Gasteiger partial charge >= 0.3 is 7.05 Å². The first-order valence-corrected chi connectivity index (χ1v) is 12.7. The van der Waals surface area contributed by atoms with E-state index in [1.54, 1.807) is 54.6 Å². The number of nitrogens with zero attached hydrogens (tertiary/aromatic N) is 1. The van der Waals surface area contributed by atoms with Crippen molar-refractivity contribution in [1.29, 1.82) is 0 Å². The van der Waals surface area contributed by atoms with Crippen LogP contribution in [0.2, 0.25) is 6.82 Å². The Morgan fingerprint density at radius 2 is 1.69 bits per heavy atom. The third-order valence-corrected chi connectivity index (χ3v) is 6.15. The molecule has 12 nitrogen and oxygen atoms in total. The molecular weight excluding hydrogens is 487 g/mol. The number of benzene rings is 2. The average Bonchev–Trinajstić information content (AvgIpc) is 2.81. The van der Waals surface area contributed by atoms with E-state index in [2.05, 4.69) is 25.6 Å². The van der Waals surface area contributed by atoms with E-state index in [1.807, 2.05) is 0 Å². The number of carbonyl (C=O) groups is 2. The molecule has 2 rings (SSSR count). The summed E-state index contributed by atoms with van der Waals surface area (Å²) in [4.78, 5) is 28.6. The molecule has 0 spiro atoms. The molecule has 0 bridgehead atoms. The van der Waals surface area contributed by atoms with Crippen molar-refractivity contribution >= 4 is 40.5 Å². The fourth-order valence-corrected chi connectivity index (χ4v) is 4.36. The summed E-state index contributed by atoms with van der Waals surface area (Å²) in [7, 11) is -4.85. The van der Waals surface area contributed by atoms with Gasteiger partial charge in [0.2, 0.25) is 21.8 Å². The number of amides is 2. The lowest BCUT2D eigenvalue weighted by molar-refractivity contribution is -0.130. The molecule has 0 radical (unpaired) electrons. The van der Waals surface area contributed by atoms with Crippen LogP contribution in [0.3, 0.4) is 0 Å². The number of hydrogen-bond acceptors (Lipinski definition) is 7. The quantitative estimate of drug-likeness (QED) is 0.107. The first kappa shape index (κ1) is 28.8. The Labute approximate surface area is 210 Å². The van der Waals surface area contributed by atoms with Gasteiger partial charge in [0.15, 0.2) is 5.96 Å². The Hall–Kier alpha value is -3.46. The zero-order valence-electron chi connectivity index (χ0n) is 20.0. The van der Waals surface area contributed by atoms with Gasteiger partial charge in [0.05, 0.1) is 12.4 Å². The summed E-state index contributed by atoms with van der Waals surface area (Å²) in [6.07, 6.45) is 0. The minimum absolute atomic E-state index is 0.0548. The van der Waals surface area contributed by atoms with Gasteiger partial charge in [-0.2, -0.15) is 0 Å². The molecule has 14 heteroatoms. The Morgan fingerprint density at radius 3 is 2.28 bits per heavy atom. The summed E-state index contributed by atoms with van der Waals surface area (Å²) in [5.41, 5.74) is 7.57. The molecule has 0 saturated heterocycles. The van der Waals surface area contributed by atoms with Crippen molar-refractivity contribution in [2.75, 3.05) is 11.9 Å². The third-order valence-electron chi connectivity index (χ3n) is 4.79. The highest BCUT2D eigenvalue weighted by Gasteiger charge is 2.26. The highest BCUT2D eigenvalue weighted by atomic mass is 32.2. The van der Waals surface area contributed by atoms with E-state index >= 15 is 0 Å². The number of aliphatic hydroxyl groups excluding tert-OH is 1. The predicted octanol–water partition coefficient (Wildman–Crippen LogP) is -0.875. The van der Waals surface area contributed by atoms with Crippen LogP contribution >= 0.6 is 0 Å². The summed E-state index contributed by atoms with van der Waals surface area (Å²) >= 11 is 0. The summed E-state index contributed by atoms with van der Waals surface area (Å²) in [6.45, 7) is 2.31. The highest BCUT2D eigenvalue weighted by Crippen LogP contribution is 2.09. The maximum absolute atomic E-state index is 12.5. The molecule has 194 valence electrons. The van der Waals surface area contributed by atoms with Crippen molar-refractivity contribution in [3.05, 3.63) is 65.7 Å². The van der Waals surface area contributed by atoms with Gasteiger partial charge in [-0.05, 0) is 37.0 Å². The predicted molar refractivity (Wildman–Crippen MR) is 138 cm³/mol. The van der Waals surface area contributed by atoms with Crippen LogP contribution in [-0.2, 0) is 31.9 Å². The molecule has 0 aliphatic carbocycles. The monoisotopic (exact) mass is 518 g/mol. The molecule has 2 aromatic carbocycles. The van der Waals surface area contributed by atoms with Crippen LogP contribution in [0.1, 0.15) is 18.1 Å². The van der Waals surface area contributed by atoms with Gasteiger partial charge in [0, 0.05) is 12.2 Å². The fraction of sp³-hybridized carbons (Fsp3) is 0.318. The second-order valence-corrected chi connectivity index (χ2v) is 9.77. The zero-order chi connectivity index (χ0) is 26.7. The smallest absolute Gasteiger partial charge is 0.431 e. The Kier molecular flexibility index (Phi) is 10.9. The zero-order valence-corrected chi connectivity index (χ0v) is 20.8. The molecule has 0 aromatic heterocycles. The van der Waals surface area contributed by atoms with E-state index in [0.29, 0.717) is 11.3 Å². The molecule has 0 aliphatic heterocycles. The molecule has 0 aliphatic rings. The van der Waals surface area contributed by atoms with Crippen LogP contribution in [0, 0.1) is 0 Å². The summed E-state index contributed by atoms with van der Waals surface area (Å²) < 4.78 is 26.9. The minimum Gasteiger partial charge on any atom is -0.431 e. The van der Waals surface area contributed by atoms with Gasteiger partial charge in [-0.3, -0.25) is 14.5 Å². The Bertz CT molecular complexity index is 1150. The molecule has 2 aromatic rings. The number of sulfonamides is 1. The number of guanidine groups is 1. The van der Waals surface area contributed by atoms with E-state index in [0.717, 1.165) is 5.56 Å². The van der Waals surface area contributed by atoms with Gasteiger partial charge in [0.25, 0.3) is 0 Å². The largest absolute Gasteiger partial charge is 0.431 e. The topological polar surface area (TPSA) is 195 Å². The van der Waals surface area contributed by atoms with E-state index in [-0.39, 0.29) is 18.3 Å². The molecule has 8 N–H and O–H groups in total. The van der Waals surface area contributed by atoms with Gasteiger partial charge in [-0.15, -0.1) is 0 Å². The van der Waals surface area contributed by atoms with Crippen LogP contribution < -0.4 is 26.4 Å². The number of aliphatic hydroxyl groups is 1. The third kappa shape index (κ3) is 10.0. The Balaban J connectivity index is 1.85. The van der Waals surface area contributed by atoms with Crippen molar-refractivity contribution in [3.63, 3.8) is 0 Å². The van der Waals surface area contributed by atoms with Crippen LogP contribution in [0.15, 0.2) is 59.5 Å². The molecule has 0 heterocycles. The minimum atomic E-state index is -3.91. The lowest BCUT2D eigenvalue weighted by Gasteiger charge is -2.20. The fourth-order valence-electron chi connectivity index (χ4n) is 3.03. The van der Waals surface area contributed by atoms with Crippen LogP contribution in [0.5, 0.6) is 0 Å². The van der Waals surface area contributed by atoms with E-state index in [4.69, 9.17) is 5.73 Å². The second kappa shape index (κ2) is 13.6. The van der Waals surface area contributed by atoms with Gasteiger partial charge in [0.1, 0.15) is 12.1 Å². The summed E-state index contributed by atoms with van der Waals surface area (Å²) in [5, 5.41) is 26.6. The van der Waals surface area contributed by atoms with Crippen LogP contribution in [0.4, 0.5) is 5.69 Å². The number of nitrogens with one attached hydrogen (secondary N) is 4. The number of hydrogen-bond donors (Lipinski definition) is 7. The average molecular weight is 518 g/mol. The molecule has 0 unspecified atom stereocenters. The molecule has 2 atom stereocenters. The van der Waals surface area contributed by atoms with Gasteiger partial charge < -0.3 is 31.8 Å². The van der Waals surface area contributed by atoms with Crippen molar-refractivity contribution in [1.82, 2.24) is 15.4 Å². The SMILES string of the molecule is CB(O)N=C(N)Nc1ccc(CNC(=O)[C@H](C)NC(=O)[C@@H](CO)NS(=O)(=O)Cc2ccccc2)cc1. The maximum atomic E-state index is 12.5. The van der Waals surface area contributed by atoms with E-state index in [9.17, 15) is 28.1 Å². The van der Waals surface area contributed by atoms with Crippen molar-refractivity contribution < 1.29 is 28.1 Å². The number of carbonyl (C=O) groups excluding carboxylic acids is 2. The number of nitrogens with two attached hydrogens (primary N) is 1. The molecule has 2 amide bonds. The molecule has 36 heavy (non-hydrogen) atoms. The first-order chi connectivity index (χ1) is 17.0. The molecule has 0 fully saturated rings. The van der Waals surface area contributed by atoms with Crippen molar-refractivity contribution in [3.8, 4) is 0 Å². The van der Waals surface area contributed by atoms with Gasteiger partial charge in [-0.1, -0.05) is 42.5 Å². The number of rotatable bonds is 12. The first-order valence-electron chi connectivity index (χ1n) is 11.1.